The van der Waals surface area contributed by atoms with Gasteiger partial charge in [0.1, 0.15) is 0 Å². The number of thiazole rings is 1. The Labute approximate surface area is 128 Å². The number of nitrogens with one attached hydrogen (secondary N) is 2. The Balaban J connectivity index is 1.39. The molecule has 2 fully saturated rings. The van der Waals surface area contributed by atoms with Gasteiger partial charge in [0.15, 0.2) is 0 Å². The van der Waals surface area contributed by atoms with E-state index in [2.05, 4.69) is 15.6 Å². The van der Waals surface area contributed by atoms with Crippen molar-refractivity contribution in [2.75, 3.05) is 18.4 Å². The molecular formula is C16H19N3OS. The topological polar surface area (TPSA) is 54.0 Å². The predicted octanol–water partition coefficient (Wildman–Crippen LogP) is 3.11. The van der Waals surface area contributed by atoms with E-state index < -0.39 is 0 Å². The third-order valence-electron chi connectivity index (χ3n) is 4.03. The van der Waals surface area contributed by atoms with E-state index in [1.807, 2.05) is 18.2 Å². The van der Waals surface area contributed by atoms with Crippen LogP contribution in [-0.2, 0) is 4.79 Å². The van der Waals surface area contributed by atoms with Crippen molar-refractivity contribution < 1.29 is 4.79 Å². The number of rotatable bonds is 6. The first-order valence-corrected chi connectivity index (χ1v) is 8.50. The van der Waals surface area contributed by atoms with Gasteiger partial charge < -0.3 is 10.6 Å². The standard InChI is InChI=1S/C16H19N3OS/c20-15(9-17-8-10-1-2-10)18-12-5-6-13-14(7-12)21-16(19-13)11-3-4-11/h5-7,10-11,17H,1-4,8-9H2,(H,18,20). The smallest absolute Gasteiger partial charge is 0.238 e. The number of carbonyl (C=O) groups is 1. The molecular weight excluding hydrogens is 282 g/mol. The van der Waals surface area contributed by atoms with Crippen molar-refractivity contribution in [3.63, 3.8) is 0 Å². The van der Waals surface area contributed by atoms with Crippen LogP contribution in [-0.4, -0.2) is 24.0 Å². The number of hydrogen-bond donors (Lipinski definition) is 2. The first-order valence-electron chi connectivity index (χ1n) is 7.69. The minimum Gasteiger partial charge on any atom is -0.325 e. The fraction of sp³-hybridized carbons (Fsp3) is 0.500. The van der Waals surface area contributed by atoms with Crippen LogP contribution in [0, 0.1) is 5.92 Å². The van der Waals surface area contributed by atoms with Gasteiger partial charge in [-0.3, -0.25) is 4.79 Å². The zero-order valence-electron chi connectivity index (χ0n) is 11.9. The van der Waals surface area contributed by atoms with E-state index in [-0.39, 0.29) is 5.91 Å². The van der Waals surface area contributed by atoms with Crippen LogP contribution in [0.2, 0.25) is 0 Å². The van der Waals surface area contributed by atoms with Gasteiger partial charge in [0.25, 0.3) is 0 Å². The third kappa shape index (κ3) is 3.24. The maximum absolute atomic E-state index is 11.9. The molecule has 0 radical (unpaired) electrons. The fourth-order valence-corrected chi connectivity index (χ4v) is 3.62. The molecule has 2 aliphatic rings. The van der Waals surface area contributed by atoms with E-state index in [1.165, 1.54) is 35.4 Å². The zero-order chi connectivity index (χ0) is 14.2. The summed E-state index contributed by atoms with van der Waals surface area (Å²) in [5.41, 5.74) is 1.92. The molecule has 1 heterocycles. The molecule has 0 bridgehead atoms. The molecule has 0 saturated heterocycles. The van der Waals surface area contributed by atoms with Crippen LogP contribution in [0.3, 0.4) is 0 Å². The van der Waals surface area contributed by atoms with Crippen LogP contribution in [0.1, 0.15) is 36.6 Å². The monoisotopic (exact) mass is 301 g/mol. The van der Waals surface area contributed by atoms with Gasteiger partial charge in [-0.05, 0) is 56.3 Å². The lowest BCUT2D eigenvalue weighted by molar-refractivity contribution is -0.115. The number of amides is 1. The highest BCUT2D eigenvalue weighted by Gasteiger charge is 2.27. The first-order chi connectivity index (χ1) is 10.3. The highest BCUT2D eigenvalue weighted by molar-refractivity contribution is 7.18. The van der Waals surface area contributed by atoms with Gasteiger partial charge in [0.05, 0.1) is 21.8 Å². The SMILES string of the molecule is O=C(CNCC1CC1)Nc1ccc2nc(C3CC3)sc2c1. The number of benzene rings is 1. The number of nitrogens with zero attached hydrogens (tertiary/aromatic N) is 1. The second kappa shape index (κ2) is 5.39. The second-order valence-electron chi connectivity index (χ2n) is 6.13. The minimum atomic E-state index is 0.0296. The molecule has 2 aromatic rings. The maximum Gasteiger partial charge on any atom is 0.238 e. The Bertz CT molecular complexity index is 673. The van der Waals surface area contributed by atoms with Gasteiger partial charge in [-0.15, -0.1) is 11.3 Å². The number of anilines is 1. The van der Waals surface area contributed by atoms with E-state index in [4.69, 9.17) is 0 Å². The van der Waals surface area contributed by atoms with E-state index in [0.29, 0.717) is 12.5 Å². The van der Waals surface area contributed by atoms with Crippen LogP contribution < -0.4 is 10.6 Å². The Hall–Kier alpha value is -1.46. The average Bonchev–Trinajstić information content (AvgIpc) is 3.37. The molecule has 4 rings (SSSR count). The lowest BCUT2D eigenvalue weighted by Crippen LogP contribution is -2.29. The summed E-state index contributed by atoms with van der Waals surface area (Å²) in [6, 6.07) is 5.99. The van der Waals surface area contributed by atoms with Gasteiger partial charge in [-0.25, -0.2) is 4.98 Å². The molecule has 4 nitrogen and oxygen atoms in total. The fourth-order valence-electron chi connectivity index (χ4n) is 2.44. The minimum absolute atomic E-state index is 0.0296. The lowest BCUT2D eigenvalue weighted by Gasteiger charge is -2.06. The van der Waals surface area contributed by atoms with Crippen molar-refractivity contribution in [1.82, 2.24) is 10.3 Å². The Morgan fingerprint density at radius 2 is 2.14 bits per heavy atom. The zero-order valence-corrected chi connectivity index (χ0v) is 12.7. The van der Waals surface area contributed by atoms with Crippen molar-refractivity contribution in [2.24, 2.45) is 5.92 Å². The van der Waals surface area contributed by atoms with Crippen LogP contribution in [0.15, 0.2) is 18.2 Å². The van der Waals surface area contributed by atoms with Crippen molar-refractivity contribution in [3.8, 4) is 0 Å². The quantitative estimate of drug-likeness (QED) is 0.862. The van der Waals surface area contributed by atoms with Gasteiger partial charge >= 0.3 is 0 Å². The molecule has 0 spiro atoms. The van der Waals surface area contributed by atoms with E-state index >= 15 is 0 Å². The lowest BCUT2D eigenvalue weighted by atomic mass is 10.3. The summed E-state index contributed by atoms with van der Waals surface area (Å²) >= 11 is 1.76. The number of hydrogen-bond acceptors (Lipinski definition) is 4. The number of fused-ring (bicyclic) bond motifs is 1. The van der Waals surface area contributed by atoms with Crippen LogP contribution >= 0.6 is 11.3 Å². The normalized spacial score (nSPS) is 18.1. The molecule has 110 valence electrons. The van der Waals surface area contributed by atoms with E-state index in [0.717, 1.165) is 23.7 Å². The van der Waals surface area contributed by atoms with Crippen LogP contribution in [0.5, 0.6) is 0 Å². The largest absolute Gasteiger partial charge is 0.325 e. The van der Waals surface area contributed by atoms with Crippen molar-refractivity contribution in [3.05, 3.63) is 23.2 Å². The van der Waals surface area contributed by atoms with E-state index in [9.17, 15) is 4.79 Å². The molecule has 2 saturated carbocycles. The molecule has 1 amide bonds. The summed E-state index contributed by atoms with van der Waals surface area (Å²) in [4.78, 5) is 16.6. The summed E-state index contributed by atoms with van der Waals surface area (Å²) in [7, 11) is 0. The van der Waals surface area contributed by atoms with Crippen LogP contribution in [0.25, 0.3) is 10.2 Å². The summed E-state index contributed by atoms with van der Waals surface area (Å²) in [5, 5.41) is 7.42. The Kier molecular flexibility index (Phi) is 3.39. The Morgan fingerprint density at radius 1 is 1.29 bits per heavy atom. The summed E-state index contributed by atoms with van der Waals surface area (Å²) in [5.74, 6) is 1.51. The molecule has 2 N–H and O–H groups in total. The van der Waals surface area contributed by atoms with Crippen LogP contribution in [0.4, 0.5) is 5.69 Å². The summed E-state index contributed by atoms with van der Waals surface area (Å²) < 4.78 is 1.17. The van der Waals surface area contributed by atoms with Crippen molar-refractivity contribution in [1.29, 1.82) is 0 Å². The summed E-state index contributed by atoms with van der Waals surface area (Å²) in [6.45, 7) is 1.36. The Morgan fingerprint density at radius 3 is 2.90 bits per heavy atom. The summed E-state index contributed by atoms with van der Waals surface area (Å²) in [6.07, 6.45) is 5.16. The van der Waals surface area contributed by atoms with Crippen molar-refractivity contribution >= 4 is 33.1 Å². The molecule has 0 unspecified atom stereocenters. The average molecular weight is 301 g/mol. The van der Waals surface area contributed by atoms with E-state index in [1.54, 1.807) is 11.3 Å². The second-order valence-corrected chi connectivity index (χ2v) is 7.19. The van der Waals surface area contributed by atoms with Gasteiger partial charge in [-0.1, -0.05) is 0 Å². The van der Waals surface area contributed by atoms with Gasteiger partial charge in [-0.2, -0.15) is 0 Å². The highest BCUT2D eigenvalue weighted by atomic mass is 32.1. The number of aromatic nitrogens is 1. The van der Waals surface area contributed by atoms with Crippen molar-refractivity contribution in [2.45, 2.75) is 31.6 Å². The maximum atomic E-state index is 11.9. The molecule has 5 heteroatoms. The van der Waals surface area contributed by atoms with Gasteiger partial charge in [0.2, 0.25) is 5.91 Å². The third-order valence-corrected chi connectivity index (χ3v) is 5.21. The highest BCUT2D eigenvalue weighted by Crippen LogP contribution is 2.43. The predicted molar refractivity (Wildman–Crippen MR) is 85.8 cm³/mol. The van der Waals surface area contributed by atoms with Gasteiger partial charge in [0, 0.05) is 11.6 Å². The molecule has 21 heavy (non-hydrogen) atoms. The molecule has 1 aromatic heterocycles. The first kappa shape index (κ1) is 13.2. The molecule has 0 atom stereocenters. The molecule has 0 aliphatic heterocycles. The molecule has 2 aliphatic carbocycles. The molecule has 1 aromatic carbocycles. The number of carbonyl (C=O) groups excluding carboxylic acids is 1.